The maximum absolute atomic E-state index is 11.3. The van der Waals surface area contributed by atoms with E-state index in [2.05, 4.69) is 0 Å². The summed E-state index contributed by atoms with van der Waals surface area (Å²) in [5, 5.41) is 9.42. The molecule has 0 rings (SSSR count). The first-order valence-electron chi connectivity index (χ1n) is 5.22. The number of aliphatic hydroxyl groups excluding tert-OH is 1. The monoisotopic (exact) mass is 216 g/mol. The predicted molar refractivity (Wildman–Crippen MR) is 56.3 cm³/mol. The molecule has 0 aliphatic rings. The molecule has 0 aliphatic carbocycles. The molecule has 0 fully saturated rings. The largest absolute Gasteiger partial charge is 0.463 e. The van der Waals surface area contributed by atoms with Crippen molar-refractivity contribution in [1.82, 2.24) is 0 Å². The van der Waals surface area contributed by atoms with Crippen LogP contribution < -0.4 is 0 Å². The molecule has 1 N–H and O–H groups in total. The van der Waals surface area contributed by atoms with Gasteiger partial charge in [-0.1, -0.05) is 13.8 Å². The molecule has 0 aliphatic heterocycles. The first kappa shape index (κ1) is 14.1. The van der Waals surface area contributed by atoms with Gasteiger partial charge in [-0.2, -0.15) is 0 Å². The average molecular weight is 216 g/mol. The lowest BCUT2D eigenvalue weighted by Crippen LogP contribution is -2.22. The van der Waals surface area contributed by atoms with Crippen LogP contribution in [0.1, 0.15) is 40.5 Å². The zero-order valence-corrected chi connectivity index (χ0v) is 9.82. The van der Waals surface area contributed by atoms with E-state index in [1.165, 1.54) is 0 Å². The molecule has 1 atom stereocenters. The molecule has 0 unspecified atom stereocenters. The Labute approximate surface area is 90.6 Å². The summed E-state index contributed by atoms with van der Waals surface area (Å²) in [5.74, 6) is -0.775. The number of ketones is 1. The van der Waals surface area contributed by atoms with Gasteiger partial charge in [0.2, 0.25) is 0 Å². The molecule has 0 aromatic rings. The fourth-order valence-electron chi connectivity index (χ4n) is 1.01. The van der Waals surface area contributed by atoms with E-state index in [9.17, 15) is 14.7 Å². The smallest absolute Gasteiger partial charge is 0.313 e. The minimum Gasteiger partial charge on any atom is -0.463 e. The zero-order valence-electron chi connectivity index (χ0n) is 9.82. The summed E-state index contributed by atoms with van der Waals surface area (Å²) in [4.78, 5) is 22.4. The van der Waals surface area contributed by atoms with Crippen LogP contribution >= 0.6 is 0 Å². The number of carbonyl (C=O) groups is 2. The Kier molecular flexibility index (Phi) is 6.17. The van der Waals surface area contributed by atoms with E-state index in [0.717, 1.165) is 0 Å². The molecule has 0 spiro atoms. The van der Waals surface area contributed by atoms with E-state index in [0.29, 0.717) is 0 Å². The van der Waals surface area contributed by atoms with E-state index in [1.807, 2.05) is 13.8 Å². The lowest BCUT2D eigenvalue weighted by Gasteiger charge is -2.13. The second-order valence-corrected chi connectivity index (χ2v) is 4.27. The van der Waals surface area contributed by atoms with Gasteiger partial charge in [-0.3, -0.25) is 9.59 Å². The molecular weight excluding hydrogens is 196 g/mol. The van der Waals surface area contributed by atoms with Crippen LogP contribution in [0, 0.1) is 5.92 Å². The lowest BCUT2D eigenvalue weighted by molar-refractivity contribution is -0.149. The lowest BCUT2D eigenvalue weighted by atomic mass is 10.0. The Morgan fingerprint density at radius 3 is 2.13 bits per heavy atom. The molecule has 0 amide bonds. The van der Waals surface area contributed by atoms with Gasteiger partial charge < -0.3 is 9.84 Å². The SMILES string of the molecule is CC(C)OC(=O)CC(=O)C[C@H](O)C(C)C. The van der Waals surface area contributed by atoms with Crippen molar-refractivity contribution in [2.24, 2.45) is 5.92 Å². The topological polar surface area (TPSA) is 63.6 Å². The summed E-state index contributed by atoms with van der Waals surface area (Å²) >= 11 is 0. The normalized spacial score (nSPS) is 13.0. The molecule has 4 heteroatoms. The number of hydrogen-bond acceptors (Lipinski definition) is 4. The molecule has 0 aromatic carbocycles. The Balaban J connectivity index is 3.88. The molecule has 88 valence electrons. The summed E-state index contributed by atoms with van der Waals surface area (Å²) in [6.07, 6.45) is -1.11. The molecule has 0 bridgehead atoms. The van der Waals surface area contributed by atoms with Gasteiger partial charge in [-0.05, 0) is 19.8 Å². The van der Waals surface area contributed by atoms with E-state index in [4.69, 9.17) is 4.74 Å². The van der Waals surface area contributed by atoms with Crippen LogP contribution in [0.3, 0.4) is 0 Å². The molecule has 0 saturated carbocycles. The van der Waals surface area contributed by atoms with Crippen LogP contribution in [0.5, 0.6) is 0 Å². The molecule has 0 aromatic heterocycles. The van der Waals surface area contributed by atoms with Crippen molar-refractivity contribution in [3.8, 4) is 0 Å². The summed E-state index contributed by atoms with van der Waals surface area (Å²) in [5.41, 5.74) is 0. The minimum absolute atomic E-state index is 0.0187. The Bertz CT molecular complexity index is 221. The second kappa shape index (κ2) is 6.56. The second-order valence-electron chi connectivity index (χ2n) is 4.27. The number of carbonyl (C=O) groups excluding carboxylic acids is 2. The summed E-state index contributed by atoms with van der Waals surface area (Å²) in [6, 6.07) is 0. The van der Waals surface area contributed by atoms with E-state index < -0.39 is 12.1 Å². The maximum Gasteiger partial charge on any atom is 0.313 e. The third-order valence-electron chi connectivity index (χ3n) is 1.92. The van der Waals surface area contributed by atoms with Crippen LogP contribution in [0.25, 0.3) is 0 Å². The Hall–Kier alpha value is -0.900. The summed E-state index contributed by atoms with van der Waals surface area (Å²) in [7, 11) is 0. The fraction of sp³-hybridized carbons (Fsp3) is 0.818. The first-order chi connectivity index (χ1) is 6.82. The molecule has 15 heavy (non-hydrogen) atoms. The highest BCUT2D eigenvalue weighted by Gasteiger charge is 2.17. The van der Waals surface area contributed by atoms with Crippen molar-refractivity contribution < 1.29 is 19.4 Å². The maximum atomic E-state index is 11.3. The minimum atomic E-state index is -0.677. The van der Waals surface area contributed by atoms with Crippen molar-refractivity contribution in [3.63, 3.8) is 0 Å². The van der Waals surface area contributed by atoms with Crippen molar-refractivity contribution in [2.45, 2.75) is 52.7 Å². The number of ether oxygens (including phenoxy) is 1. The van der Waals surface area contributed by atoms with Crippen molar-refractivity contribution in [2.75, 3.05) is 0 Å². The Morgan fingerprint density at radius 1 is 1.20 bits per heavy atom. The number of hydrogen-bond donors (Lipinski definition) is 1. The average Bonchev–Trinajstić information content (AvgIpc) is 2.00. The number of Topliss-reactive ketones (excluding diaryl/α,β-unsaturated/α-hetero) is 1. The van der Waals surface area contributed by atoms with Gasteiger partial charge in [0.25, 0.3) is 0 Å². The number of aliphatic hydroxyl groups is 1. The molecule has 0 saturated heterocycles. The van der Waals surface area contributed by atoms with Gasteiger partial charge in [-0.25, -0.2) is 0 Å². The highest BCUT2D eigenvalue weighted by Crippen LogP contribution is 2.08. The highest BCUT2D eigenvalue weighted by atomic mass is 16.5. The summed E-state index contributed by atoms with van der Waals surface area (Å²) in [6.45, 7) is 7.10. The van der Waals surface area contributed by atoms with Gasteiger partial charge in [-0.15, -0.1) is 0 Å². The van der Waals surface area contributed by atoms with Gasteiger partial charge in [0.15, 0.2) is 0 Å². The third-order valence-corrected chi connectivity index (χ3v) is 1.92. The fourth-order valence-corrected chi connectivity index (χ4v) is 1.01. The van der Waals surface area contributed by atoms with Crippen LogP contribution in [0.2, 0.25) is 0 Å². The molecule has 0 heterocycles. The number of rotatable bonds is 6. The van der Waals surface area contributed by atoms with Crippen LogP contribution in [0.15, 0.2) is 0 Å². The standard InChI is InChI=1S/C11H20O4/c1-7(2)10(13)5-9(12)6-11(14)15-8(3)4/h7-8,10,13H,5-6H2,1-4H3/t10-/m0/s1. The van der Waals surface area contributed by atoms with Crippen LogP contribution in [0.4, 0.5) is 0 Å². The first-order valence-corrected chi connectivity index (χ1v) is 5.22. The van der Waals surface area contributed by atoms with E-state index in [-0.39, 0.29) is 30.6 Å². The molecular formula is C11H20O4. The molecule has 0 radical (unpaired) electrons. The highest BCUT2D eigenvalue weighted by molar-refractivity contribution is 5.95. The van der Waals surface area contributed by atoms with Gasteiger partial charge >= 0.3 is 5.97 Å². The van der Waals surface area contributed by atoms with Crippen molar-refractivity contribution in [1.29, 1.82) is 0 Å². The van der Waals surface area contributed by atoms with Crippen LogP contribution in [-0.4, -0.2) is 29.1 Å². The number of esters is 1. The van der Waals surface area contributed by atoms with Gasteiger partial charge in [0.05, 0.1) is 12.2 Å². The third kappa shape index (κ3) is 7.08. The van der Waals surface area contributed by atoms with E-state index >= 15 is 0 Å². The van der Waals surface area contributed by atoms with Gasteiger partial charge in [0.1, 0.15) is 12.2 Å². The van der Waals surface area contributed by atoms with Crippen molar-refractivity contribution in [3.05, 3.63) is 0 Å². The van der Waals surface area contributed by atoms with Gasteiger partial charge in [0, 0.05) is 6.42 Å². The van der Waals surface area contributed by atoms with Crippen molar-refractivity contribution >= 4 is 11.8 Å². The zero-order chi connectivity index (χ0) is 12.0. The Morgan fingerprint density at radius 2 is 1.73 bits per heavy atom. The van der Waals surface area contributed by atoms with Crippen LogP contribution in [-0.2, 0) is 14.3 Å². The predicted octanol–water partition coefficient (Wildman–Crippen LogP) is 1.30. The summed E-state index contributed by atoms with van der Waals surface area (Å²) < 4.78 is 4.82. The molecule has 4 nitrogen and oxygen atoms in total. The van der Waals surface area contributed by atoms with E-state index in [1.54, 1.807) is 13.8 Å². The quantitative estimate of drug-likeness (QED) is 0.537.